The molecule has 0 aliphatic carbocycles. The second-order valence-corrected chi connectivity index (χ2v) is 3.59. The van der Waals surface area contributed by atoms with E-state index in [1.165, 1.54) is 0 Å². The summed E-state index contributed by atoms with van der Waals surface area (Å²) in [6.07, 6.45) is 0.978. The number of methoxy groups -OCH3 is 1. The van der Waals surface area contributed by atoms with Gasteiger partial charge in [-0.25, -0.2) is 0 Å². The van der Waals surface area contributed by atoms with Crippen LogP contribution in [0, 0.1) is 0 Å². The molecule has 0 aliphatic rings. The topological polar surface area (TPSA) is 64.3 Å². The Morgan fingerprint density at radius 2 is 2.31 bits per heavy atom. The number of ether oxygens (including phenoxy) is 1. The van der Waals surface area contributed by atoms with Crippen molar-refractivity contribution >= 4 is 5.91 Å². The van der Waals surface area contributed by atoms with Gasteiger partial charge in [-0.15, -0.1) is 0 Å². The summed E-state index contributed by atoms with van der Waals surface area (Å²) in [5.41, 5.74) is 6.82. The summed E-state index contributed by atoms with van der Waals surface area (Å²) in [6, 6.07) is 7.34. The Labute approximate surface area is 95.8 Å². The third-order valence-corrected chi connectivity index (χ3v) is 2.24. The van der Waals surface area contributed by atoms with Gasteiger partial charge in [-0.05, 0) is 30.7 Å². The monoisotopic (exact) mass is 222 g/mol. The van der Waals surface area contributed by atoms with Gasteiger partial charge in [-0.2, -0.15) is 0 Å². The molecule has 1 amide bonds. The highest BCUT2D eigenvalue weighted by Gasteiger charge is 2.00. The summed E-state index contributed by atoms with van der Waals surface area (Å²) < 4.78 is 4.94. The standard InChI is InChI=1S/C12H18N2O2/c1-16-7-3-6-14-9-10-4-2-5-11(8-10)12(13)15/h2,4-5,8,14H,3,6-7,9H2,1H3,(H2,13,15). The normalized spacial score (nSPS) is 10.3. The van der Waals surface area contributed by atoms with Gasteiger partial charge in [-0.3, -0.25) is 4.79 Å². The highest BCUT2D eigenvalue weighted by atomic mass is 16.5. The summed E-state index contributed by atoms with van der Waals surface area (Å²) in [6.45, 7) is 2.40. The SMILES string of the molecule is COCCCNCc1cccc(C(N)=O)c1. The second kappa shape index (κ2) is 6.98. The van der Waals surface area contributed by atoms with Gasteiger partial charge in [0.1, 0.15) is 0 Å². The highest BCUT2D eigenvalue weighted by molar-refractivity contribution is 5.92. The van der Waals surface area contributed by atoms with Gasteiger partial charge in [0.15, 0.2) is 0 Å². The molecule has 0 saturated heterocycles. The largest absolute Gasteiger partial charge is 0.385 e. The predicted molar refractivity (Wildman–Crippen MR) is 63.2 cm³/mol. The van der Waals surface area contributed by atoms with E-state index in [-0.39, 0.29) is 5.91 Å². The van der Waals surface area contributed by atoms with Gasteiger partial charge < -0.3 is 15.8 Å². The predicted octanol–water partition coefficient (Wildman–Crippen LogP) is 0.912. The van der Waals surface area contributed by atoms with Crippen LogP contribution in [0.15, 0.2) is 24.3 Å². The Morgan fingerprint density at radius 1 is 1.50 bits per heavy atom. The van der Waals surface area contributed by atoms with E-state index in [0.29, 0.717) is 5.56 Å². The van der Waals surface area contributed by atoms with Crippen LogP contribution in [-0.2, 0) is 11.3 Å². The number of benzene rings is 1. The van der Waals surface area contributed by atoms with E-state index < -0.39 is 0 Å². The summed E-state index contributed by atoms with van der Waals surface area (Å²) in [5.74, 6) is -0.388. The van der Waals surface area contributed by atoms with Crippen molar-refractivity contribution in [2.24, 2.45) is 5.73 Å². The van der Waals surface area contributed by atoms with Crippen LogP contribution in [0.2, 0.25) is 0 Å². The molecule has 3 N–H and O–H groups in total. The minimum Gasteiger partial charge on any atom is -0.385 e. The Morgan fingerprint density at radius 3 is 3.00 bits per heavy atom. The molecule has 0 aliphatic heterocycles. The van der Waals surface area contributed by atoms with Crippen LogP contribution in [-0.4, -0.2) is 26.2 Å². The summed E-state index contributed by atoms with van der Waals surface area (Å²) in [5, 5.41) is 3.27. The van der Waals surface area contributed by atoms with E-state index in [4.69, 9.17) is 10.5 Å². The van der Waals surface area contributed by atoms with Crippen LogP contribution < -0.4 is 11.1 Å². The summed E-state index contributed by atoms with van der Waals surface area (Å²) >= 11 is 0. The Hall–Kier alpha value is -1.39. The lowest BCUT2D eigenvalue weighted by Crippen LogP contribution is -2.17. The summed E-state index contributed by atoms with van der Waals surface area (Å²) in [7, 11) is 1.69. The molecule has 0 atom stereocenters. The number of primary amides is 1. The smallest absolute Gasteiger partial charge is 0.248 e. The lowest BCUT2D eigenvalue weighted by atomic mass is 10.1. The van der Waals surface area contributed by atoms with E-state index in [1.807, 2.05) is 18.2 Å². The molecule has 0 heterocycles. The quantitative estimate of drug-likeness (QED) is 0.674. The first-order valence-corrected chi connectivity index (χ1v) is 5.32. The minimum atomic E-state index is -0.388. The molecule has 16 heavy (non-hydrogen) atoms. The van der Waals surface area contributed by atoms with E-state index in [9.17, 15) is 4.79 Å². The molecular formula is C12H18N2O2. The number of nitrogens with two attached hydrogens (primary N) is 1. The third kappa shape index (κ3) is 4.42. The molecule has 4 nitrogen and oxygen atoms in total. The van der Waals surface area contributed by atoms with Gasteiger partial charge in [-0.1, -0.05) is 12.1 Å². The van der Waals surface area contributed by atoms with Crippen LogP contribution >= 0.6 is 0 Å². The molecule has 0 bridgehead atoms. The van der Waals surface area contributed by atoms with Crippen molar-refractivity contribution in [3.05, 3.63) is 35.4 Å². The zero-order valence-electron chi connectivity index (χ0n) is 9.53. The van der Waals surface area contributed by atoms with Gasteiger partial charge in [0.25, 0.3) is 0 Å². The maximum Gasteiger partial charge on any atom is 0.248 e. The van der Waals surface area contributed by atoms with Crippen LogP contribution in [0.4, 0.5) is 0 Å². The van der Waals surface area contributed by atoms with Crippen molar-refractivity contribution in [1.82, 2.24) is 5.32 Å². The van der Waals surface area contributed by atoms with Crippen LogP contribution in [0.1, 0.15) is 22.3 Å². The van der Waals surface area contributed by atoms with Gasteiger partial charge in [0.2, 0.25) is 5.91 Å². The number of carbonyl (C=O) groups excluding carboxylic acids is 1. The van der Waals surface area contributed by atoms with Gasteiger partial charge in [0.05, 0.1) is 0 Å². The van der Waals surface area contributed by atoms with Crippen molar-refractivity contribution in [3.63, 3.8) is 0 Å². The molecule has 1 aromatic carbocycles. The van der Waals surface area contributed by atoms with Crippen LogP contribution in [0.25, 0.3) is 0 Å². The maximum atomic E-state index is 11.0. The molecule has 0 spiro atoms. The Bertz CT molecular complexity index is 340. The fourth-order valence-corrected chi connectivity index (χ4v) is 1.41. The number of carbonyl (C=O) groups is 1. The van der Waals surface area contributed by atoms with E-state index >= 15 is 0 Å². The second-order valence-electron chi connectivity index (χ2n) is 3.59. The molecule has 1 rings (SSSR count). The highest BCUT2D eigenvalue weighted by Crippen LogP contribution is 2.04. The molecule has 88 valence electrons. The zero-order chi connectivity index (χ0) is 11.8. The van der Waals surface area contributed by atoms with Crippen molar-refractivity contribution in [2.75, 3.05) is 20.3 Å². The van der Waals surface area contributed by atoms with E-state index in [0.717, 1.165) is 31.7 Å². The van der Waals surface area contributed by atoms with Gasteiger partial charge in [0, 0.05) is 25.8 Å². The number of hydrogen-bond donors (Lipinski definition) is 2. The number of hydrogen-bond acceptors (Lipinski definition) is 3. The van der Waals surface area contributed by atoms with Crippen molar-refractivity contribution in [1.29, 1.82) is 0 Å². The fourth-order valence-electron chi connectivity index (χ4n) is 1.41. The minimum absolute atomic E-state index is 0.388. The van der Waals surface area contributed by atoms with Crippen molar-refractivity contribution in [3.8, 4) is 0 Å². The van der Waals surface area contributed by atoms with Crippen molar-refractivity contribution < 1.29 is 9.53 Å². The first-order chi connectivity index (χ1) is 7.74. The Kier molecular flexibility index (Phi) is 5.53. The molecule has 4 heteroatoms. The fraction of sp³-hybridized carbons (Fsp3) is 0.417. The molecule has 0 fully saturated rings. The molecule has 1 aromatic rings. The lowest BCUT2D eigenvalue weighted by Gasteiger charge is -2.05. The molecule has 0 aromatic heterocycles. The maximum absolute atomic E-state index is 11.0. The average molecular weight is 222 g/mol. The zero-order valence-corrected chi connectivity index (χ0v) is 9.53. The van der Waals surface area contributed by atoms with Crippen LogP contribution in [0.3, 0.4) is 0 Å². The third-order valence-electron chi connectivity index (χ3n) is 2.24. The Balaban J connectivity index is 2.36. The van der Waals surface area contributed by atoms with E-state index in [1.54, 1.807) is 13.2 Å². The molecule has 0 saturated carbocycles. The molecular weight excluding hydrogens is 204 g/mol. The molecule has 0 unspecified atom stereocenters. The number of amides is 1. The van der Waals surface area contributed by atoms with Crippen molar-refractivity contribution in [2.45, 2.75) is 13.0 Å². The summed E-state index contributed by atoms with van der Waals surface area (Å²) in [4.78, 5) is 11.0. The van der Waals surface area contributed by atoms with Gasteiger partial charge >= 0.3 is 0 Å². The van der Waals surface area contributed by atoms with Crippen LogP contribution in [0.5, 0.6) is 0 Å². The molecule has 0 radical (unpaired) electrons. The number of nitrogens with one attached hydrogen (secondary N) is 1. The average Bonchev–Trinajstić information content (AvgIpc) is 2.29. The lowest BCUT2D eigenvalue weighted by molar-refractivity contribution is 0.1000. The van der Waals surface area contributed by atoms with E-state index in [2.05, 4.69) is 5.32 Å². The number of rotatable bonds is 7. The first-order valence-electron chi connectivity index (χ1n) is 5.32. The first kappa shape index (κ1) is 12.7.